The number of carboxylic acid groups (broad SMARTS) is 1. The standard InChI is InChI=1S/C16H23NO2S/c1-10(2)8-12-4-6-13(7-5-12)11(3)15-17-14(9-20-15)16(18)19/h4-7,10-11,14-15,17H,8-9H2,1-3H3,(H,18,19)/t11-,14?,15?/m1/s1. The van der Waals surface area contributed by atoms with Gasteiger partial charge in [-0.1, -0.05) is 45.0 Å². The fraction of sp³-hybridized carbons (Fsp3) is 0.562. The summed E-state index contributed by atoms with van der Waals surface area (Å²) < 4.78 is 0. The summed E-state index contributed by atoms with van der Waals surface area (Å²) in [6.45, 7) is 6.61. The first-order valence-electron chi connectivity index (χ1n) is 7.16. The molecule has 4 heteroatoms. The smallest absolute Gasteiger partial charge is 0.321 e. The molecule has 1 aromatic carbocycles. The molecular formula is C16H23NO2S. The van der Waals surface area contributed by atoms with E-state index in [1.807, 2.05) is 0 Å². The first kappa shape index (κ1) is 15.4. The molecule has 1 aromatic rings. The van der Waals surface area contributed by atoms with Gasteiger partial charge in [0.05, 0.1) is 5.37 Å². The van der Waals surface area contributed by atoms with Crippen LogP contribution in [0.3, 0.4) is 0 Å². The molecule has 20 heavy (non-hydrogen) atoms. The maximum Gasteiger partial charge on any atom is 0.321 e. The maximum atomic E-state index is 11.0. The molecule has 1 fully saturated rings. The summed E-state index contributed by atoms with van der Waals surface area (Å²) in [6, 6.07) is 8.34. The Morgan fingerprint density at radius 2 is 2.00 bits per heavy atom. The van der Waals surface area contributed by atoms with E-state index in [0.717, 1.165) is 6.42 Å². The summed E-state index contributed by atoms with van der Waals surface area (Å²) in [7, 11) is 0. The monoisotopic (exact) mass is 293 g/mol. The number of benzene rings is 1. The highest BCUT2D eigenvalue weighted by molar-refractivity contribution is 8.00. The van der Waals surface area contributed by atoms with Crippen LogP contribution in [-0.2, 0) is 11.2 Å². The SMILES string of the molecule is CC(C)Cc1ccc([C@@H](C)C2NC(C(=O)O)CS2)cc1. The number of carboxylic acids is 1. The number of carbonyl (C=O) groups is 1. The normalized spacial score (nSPS) is 24.0. The van der Waals surface area contributed by atoms with Crippen LogP contribution in [-0.4, -0.2) is 28.2 Å². The van der Waals surface area contributed by atoms with E-state index in [4.69, 9.17) is 5.11 Å². The predicted molar refractivity (Wildman–Crippen MR) is 84.2 cm³/mol. The molecule has 0 bridgehead atoms. The van der Waals surface area contributed by atoms with Gasteiger partial charge in [-0.05, 0) is 23.5 Å². The van der Waals surface area contributed by atoms with Crippen molar-refractivity contribution < 1.29 is 9.90 Å². The molecule has 2 rings (SSSR count). The lowest BCUT2D eigenvalue weighted by Crippen LogP contribution is -2.38. The highest BCUT2D eigenvalue weighted by atomic mass is 32.2. The number of hydrogen-bond acceptors (Lipinski definition) is 3. The van der Waals surface area contributed by atoms with E-state index >= 15 is 0 Å². The van der Waals surface area contributed by atoms with Crippen molar-refractivity contribution in [1.29, 1.82) is 0 Å². The maximum absolute atomic E-state index is 11.0. The molecule has 1 aliphatic heterocycles. The van der Waals surface area contributed by atoms with Crippen LogP contribution in [0.2, 0.25) is 0 Å². The van der Waals surface area contributed by atoms with Crippen molar-refractivity contribution in [3.8, 4) is 0 Å². The zero-order chi connectivity index (χ0) is 14.7. The molecule has 3 nitrogen and oxygen atoms in total. The van der Waals surface area contributed by atoms with Gasteiger partial charge >= 0.3 is 5.97 Å². The van der Waals surface area contributed by atoms with E-state index in [1.165, 1.54) is 11.1 Å². The van der Waals surface area contributed by atoms with Gasteiger partial charge in [-0.3, -0.25) is 10.1 Å². The van der Waals surface area contributed by atoms with Crippen molar-refractivity contribution in [3.63, 3.8) is 0 Å². The van der Waals surface area contributed by atoms with E-state index in [1.54, 1.807) is 11.8 Å². The minimum absolute atomic E-state index is 0.187. The van der Waals surface area contributed by atoms with Crippen LogP contribution in [0.25, 0.3) is 0 Å². The van der Waals surface area contributed by atoms with Gasteiger partial charge in [0.2, 0.25) is 0 Å². The third-order valence-corrected chi connectivity index (χ3v) is 5.14. The summed E-state index contributed by atoms with van der Waals surface area (Å²) >= 11 is 1.70. The molecule has 0 amide bonds. The van der Waals surface area contributed by atoms with Crippen molar-refractivity contribution in [2.75, 3.05) is 5.75 Å². The van der Waals surface area contributed by atoms with Crippen molar-refractivity contribution in [1.82, 2.24) is 5.32 Å². The Morgan fingerprint density at radius 3 is 2.50 bits per heavy atom. The van der Waals surface area contributed by atoms with Crippen LogP contribution in [0, 0.1) is 5.92 Å². The predicted octanol–water partition coefficient (Wildman–Crippen LogP) is 3.10. The van der Waals surface area contributed by atoms with Crippen LogP contribution in [0.4, 0.5) is 0 Å². The van der Waals surface area contributed by atoms with Crippen LogP contribution in [0.1, 0.15) is 37.8 Å². The van der Waals surface area contributed by atoms with Gasteiger partial charge in [0.15, 0.2) is 0 Å². The van der Waals surface area contributed by atoms with Gasteiger partial charge in [0.1, 0.15) is 6.04 Å². The molecule has 2 N–H and O–H groups in total. The molecule has 0 saturated carbocycles. The van der Waals surface area contributed by atoms with Gasteiger partial charge in [0, 0.05) is 11.7 Å². The minimum atomic E-state index is -0.750. The van der Waals surface area contributed by atoms with E-state index < -0.39 is 12.0 Å². The molecule has 1 aliphatic rings. The van der Waals surface area contributed by atoms with Gasteiger partial charge in [-0.2, -0.15) is 0 Å². The number of aliphatic carboxylic acids is 1. The third kappa shape index (κ3) is 3.76. The van der Waals surface area contributed by atoms with Crippen LogP contribution in [0.15, 0.2) is 24.3 Å². The lowest BCUT2D eigenvalue weighted by atomic mass is 9.96. The summed E-state index contributed by atoms with van der Waals surface area (Å²) in [6.07, 6.45) is 1.10. The molecule has 0 aliphatic carbocycles. The molecular weight excluding hydrogens is 270 g/mol. The molecule has 0 spiro atoms. The van der Waals surface area contributed by atoms with Gasteiger partial charge in [0.25, 0.3) is 0 Å². The number of nitrogens with one attached hydrogen (secondary N) is 1. The zero-order valence-corrected chi connectivity index (χ0v) is 13.1. The Kier molecular flexibility index (Phi) is 5.11. The number of rotatable bonds is 5. The minimum Gasteiger partial charge on any atom is -0.480 e. The largest absolute Gasteiger partial charge is 0.480 e. The van der Waals surface area contributed by atoms with Gasteiger partial charge in [-0.25, -0.2) is 0 Å². The Morgan fingerprint density at radius 1 is 1.35 bits per heavy atom. The highest BCUT2D eigenvalue weighted by Crippen LogP contribution is 2.31. The van der Waals surface area contributed by atoms with Crippen molar-refractivity contribution >= 4 is 17.7 Å². The molecule has 1 saturated heterocycles. The fourth-order valence-electron chi connectivity index (χ4n) is 2.53. The first-order chi connectivity index (χ1) is 9.47. The van der Waals surface area contributed by atoms with E-state index in [0.29, 0.717) is 17.6 Å². The van der Waals surface area contributed by atoms with Gasteiger partial charge < -0.3 is 5.11 Å². The summed E-state index contributed by atoms with van der Waals surface area (Å²) in [5.41, 5.74) is 2.64. The Hall–Kier alpha value is -1.00. The Labute approximate surface area is 125 Å². The van der Waals surface area contributed by atoms with E-state index in [9.17, 15) is 4.79 Å². The van der Waals surface area contributed by atoms with Crippen molar-refractivity contribution in [3.05, 3.63) is 35.4 Å². The number of hydrogen-bond donors (Lipinski definition) is 2. The topological polar surface area (TPSA) is 49.3 Å². The summed E-state index contributed by atoms with van der Waals surface area (Å²) in [5, 5.41) is 12.4. The number of thioether (sulfide) groups is 1. The van der Waals surface area contributed by atoms with Gasteiger partial charge in [-0.15, -0.1) is 11.8 Å². The average Bonchev–Trinajstić information content (AvgIpc) is 2.88. The fourth-order valence-corrected chi connectivity index (χ4v) is 3.87. The van der Waals surface area contributed by atoms with Crippen LogP contribution >= 0.6 is 11.8 Å². The zero-order valence-electron chi connectivity index (χ0n) is 12.3. The van der Waals surface area contributed by atoms with Crippen molar-refractivity contribution in [2.45, 2.75) is 44.5 Å². The van der Waals surface area contributed by atoms with Crippen molar-refractivity contribution in [2.24, 2.45) is 5.92 Å². The third-order valence-electron chi connectivity index (χ3n) is 3.71. The summed E-state index contributed by atoms with van der Waals surface area (Å²) in [5.74, 6) is 0.883. The van der Waals surface area contributed by atoms with Crippen LogP contribution in [0.5, 0.6) is 0 Å². The Bertz CT molecular complexity index is 458. The molecule has 0 radical (unpaired) electrons. The molecule has 3 atom stereocenters. The highest BCUT2D eigenvalue weighted by Gasteiger charge is 2.32. The van der Waals surface area contributed by atoms with E-state index in [-0.39, 0.29) is 5.37 Å². The summed E-state index contributed by atoms with van der Waals surface area (Å²) in [4.78, 5) is 11.0. The van der Waals surface area contributed by atoms with Crippen LogP contribution < -0.4 is 5.32 Å². The average molecular weight is 293 g/mol. The molecule has 2 unspecified atom stereocenters. The second kappa shape index (κ2) is 6.64. The second-order valence-corrected chi connectivity index (χ2v) is 7.11. The molecule has 0 aromatic heterocycles. The molecule has 1 heterocycles. The lowest BCUT2D eigenvalue weighted by molar-refractivity contribution is -0.138. The second-order valence-electron chi connectivity index (χ2n) is 5.94. The quantitative estimate of drug-likeness (QED) is 0.876. The Balaban J connectivity index is 1.99. The van der Waals surface area contributed by atoms with E-state index in [2.05, 4.69) is 50.4 Å². The first-order valence-corrected chi connectivity index (χ1v) is 8.21. The lowest BCUT2D eigenvalue weighted by Gasteiger charge is -2.20. The molecule has 110 valence electrons.